The van der Waals surface area contributed by atoms with Crippen molar-refractivity contribution in [2.24, 2.45) is 7.05 Å². The Kier molecular flexibility index (Phi) is 4.46. The van der Waals surface area contributed by atoms with Gasteiger partial charge in [0.15, 0.2) is 0 Å². The Morgan fingerprint density at radius 1 is 1.19 bits per heavy atom. The van der Waals surface area contributed by atoms with Gasteiger partial charge >= 0.3 is 0 Å². The molecule has 0 spiro atoms. The predicted molar refractivity (Wildman–Crippen MR) is 95.8 cm³/mol. The molecule has 0 N–H and O–H groups in total. The molecule has 0 atom stereocenters. The Labute approximate surface area is 155 Å². The Balaban J connectivity index is 1.41. The third kappa shape index (κ3) is 3.22. The average molecular weight is 372 g/mol. The quantitative estimate of drug-likeness (QED) is 0.706. The second-order valence-corrected chi connectivity index (χ2v) is 6.81. The molecule has 1 saturated heterocycles. The van der Waals surface area contributed by atoms with Gasteiger partial charge in [-0.3, -0.25) is 9.48 Å². The molecule has 0 aliphatic carbocycles. The second-order valence-electron chi connectivity index (χ2n) is 6.37. The first kappa shape index (κ1) is 16.8. The highest BCUT2D eigenvalue weighted by molar-refractivity contribution is 6.30. The number of hydrogen-bond donors (Lipinski definition) is 0. The third-order valence-corrected chi connectivity index (χ3v) is 4.97. The van der Waals surface area contributed by atoms with Crippen molar-refractivity contribution in [3.63, 3.8) is 0 Å². The molecule has 1 amide bonds. The number of aryl methyl sites for hydroxylation is 1. The predicted octanol–water partition coefficient (Wildman–Crippen LogP) is 3.14. The maximum atomic E-state index is 12.5. The van der Waals surface area contributed by atoms with E-state index in [-0.39, 0.29) is 11.8 Å². The molecule has 4 rings (SSSR count). The highest BCUT2D eigenvalue weighted by atomic mass is 35.5. The van der Waals surface area contributed by atoms with Crippen LogP contribution in [-0.4, -0.2) is 43.8 Å². The number of benzene rings is 1. The molecule has 26 heavy (non-hydrogen) atoms. The van der Waals surface area contributed by atoms with Crippen LogP contribution in [-0.2, 0) is 7.05 Å². The normalized spacial score (nSPS) is 15.4. The van der Waals surface area contributed by atoms with Gasteiger partial charge in [-0.05, 0) is 43.2 Å². The first-order valence-corrected chi connectivity index (χ1v) is 8.86. The Hall–Kier alpha value is -2.67. The number of rotatable bonds is 3. The van der Waals surface area contributed by atoms with Crippen molar-refractivity contribution in [3.05, 3.63) is 53.1 Å². The van der Waals surface area contributed by atoms with Gasteiger partial charge in [-0.25, -0.2) is 0 Å². The molecule has 1 aliphatic heterocycles. The SMILES string of the molecule is Cn1nccc1C(=O)N1CCC(c2nc(-c3ccc(Cl)cc3)no2)CC1. The number of amides is 1. The van der Waals surface area contributed by atoms with Crippen molar-refractivity contribution < 1.29 is 9.32 Å². The number of aromatic nitrogens is 4. The van der Waals surface area contributed by atoms with E-state index in [1.165, 1.54) is 0 Å². The van der Waals surface area contributed by atoms with Crippen molar-refractivity contribution in [2.75, 3.05) is 13.1 Å². The summed E-state index contributed by atoms with van der Waals surface area (Å²) in [6.07, 6.45) is 3.23. The highest BCUT2D eigenvalue weighted by Crippen LogP contribution is 2.29. The van der Waals surface area contributed by atoms with E-state index < -0.39 is 0 Å². The topological polar surface area (TPSA) is 77.1 Å². The number of nitrogens with zero attached hydrogens (tertiary/aromatic N) is 5. The molecule has 2 aromatic heterocycles. The Morgan fingerprint density at radius 3 is 2.58 bits per heavy atom. The summed E-state index contributed by atoms with van der Waals surface area (Å²) < 4.78 is 7.07. The van der Waals surface area contributed by atoms with E-state index in [9.17, 15) is 4.79 Å². The summed E-state index contributed by atoms with van der Waals surface area (Å²) in [5.41, 5.74) is 1.47. The van der Waals surface area contributed by atoms with Crippen LogP contribution in [0, 0.1) is 0 Å². The number of carbonyl (C=O) groups excluding carboxylic acids is 1. The van der Waals surface area contributed by atoms with Crippen molar-refractivity contribution >= 4 is 17.5 Å². The summed E-state index contributed by atoms with van der Waals surface area (Å²) in [4.78, 5) is 18.9. The lowest BCUT2D eigenvalue weighted by Gasteiger charge is -2.30. The fourth-order valence-electron chi connectivity index (χ4n) is 3.19. The van der Waals surface area contributed by atoms with Gasteiger partial charge in [-0.2, -0.15) is 10.1 Å². The van der Waals surface area contributed by atoms with E-state index in [2.05, 4.69) is 15.2 Å². The minimum Gasteiger partial charge on any atom is -0.339 e. The summed E-state index contributed by atoms with van der Waals surface area (Å²) in [6.45, 7) is 1.32. The zero-order chi connectivity index (χ0) is 18.1. The first-order chi connectivity index (χ1) is 12.6. The minimum atomic E-state index is 0.0100. The molecule has 7 nitrogen and oxygen atoms in total. The molecule has 0 saturated carbocycles. The zero-order valence-electron chi connectivity index (χ0n) is 14.3. The molecular formula is C18H18ClN5O2. The number of likely N-dealkylation sites (tertiary alicyclic amines) is 1. The average Bonchev–Trinajstić information content (AvgIpc) is 3.31. The standard InChI is InChI=1S/C18H18ClN5O2/c1-23-15(6-9-20-23)18(25)24-10-7-13(8-11-24)17-21-16(22-26-17)12-2-4-14(19)5-3-12/h2-6,9,13H,7-8,10-11H2,1H3. The van der Waals surface area contributed by atoms with Gasteiger partial charge in [0.05, 0.1) is 0 Å². The molecule has 134 valence electrons. The lowest BCUT2D eigenvalue weighted by Crippen LogP contribution is -2.38. The van der Waals surface area contributed by atoms with E-state index in [1.807, 2.05) is 17.0 Å². The van der Waals surface area contributed by atoms with Gasteiger partial charge in [0, 0.05) is 42.8 Å². The van der Waals surface area contributed by atoms with Crippen molar-refractivity contribution in [2.45, 2.75) is 18.8 Å². The maximum absolute atomic E-state index is 12.5. The van der Waals surface area contributed by atoms with Gasteiger partial charge in [-0.1, -0.05) is 16.8 Å². The van der Waals surface area contributed by atoms with E-state index in [0.717, 1.165) is 18.4 Å². The summed E-state index contributed by atoms with van der Waals surface area (Å²) in [5.74, 6) is 1.36. The van der Waals surface area contributed by atoms with Gasteiger partial charge in [0.25, 0.3) is 5.91 Å². The van der Waals surface area contributed by atoms with Crippen LogP contribution in [0.4, 0.5) is 0 Å². The number of piperidine rings is 1. The van der Waals surface area contributed by atoms with Crippen molar-refractivity contribution in [1.29, 1.82) is 0 Å². The van der Waals surface area contributed by atoms with Crippen LogP contribution in [0.3, 0.4) is 0 Å². The van der Waals surface area contributed by atoms with E-state index in [0.29, 0.717) is 35.5 Å². The van der Waals surface area contributed by atoms with E-state index >= 15 is 0 Å². The van der Waals surface area contributed by atoms with Crippen LogP contribution in [0.1, 0.15) is 35.1 Å². The van der Waals surface area contributed by atoms with Crippen molar-refractivity contribution in [3.8, 4) is 11.4 Å². The van der Waals surface area contributed by atoms with Crippen LogP contribution in [0.15, 0.2) is 41.1 Å². The van der Waals surface area contributed by atoms with Crippen LogP contribution >= 0.6 is 11.6 Å². The molecule has 0 radical (unpaired) electrons. The molecule has 0 bridgehead atoms. The molecule has 3 heterocycles. The molecule has 1 aliphatic rings. The molecule has 1 aromatic carbocycles. The molecule has 1 fully saturated rings. The maximum Gasteiger partial charge on any atom is 0.272 e. The van der Waals surface area contributed by atoms with Crippen LogP contribution < -0.4 is 0 Å². The third-order valence-electron chi connectivity index (χ3n) is 4.72. The number of carbonyl (C=O) groups is 1. The smallest absolute Gasteiger partial charge is 0.272 e. The lowest BCUT2D eigenvalue weighted by atomic mass is 9.96. The Morgan fingerprint density at radius 2 is 1.92 bits per heavy atom. The van der Waals surface area contributed by atoms with Gasteiger partial charge < -0.3 is 9.42 Å². The molecular weight excluding hydrogens is 354 g/mol. The minimum absolute atomic E-state index is 0.0100. The van der Waals surface area contributed by atoms with Crippen LogP contribution in [0.5, 0.6) is 0 Å². The number of halogens is 1. The summed E-state index contributed by atoms with van der Waals surface area (Å²) in [5, 5.41) is 8.81. The van der Waals surface area contributed by atoms with Crippen LogP contribution in [0.2, 0.25) is 5.02 Å². The van der Waals surface area contributed by atoms with Crippen LogP contribution in [0.25, 0.3) is 11.4 Å². The monoisotopic (exact) mass is 371 g/mol. The second kappa shape index (κ2) is 6.92. The lowest BCUT2D eigenvalue weighted by molar-refractivity contribution is 0.0693. The summed E-state index contributed by atoms with van der Waals surface area (Å²) >= 11 is 5.91. The van der Waals surface area contributed by atoms with E-state index in [4.69, 9.17) is 16.1 Å². The number of hydrogen-bond acceptors (Lipinski definition) is 5. The largest absolute Gasteiger partial charge is 0.339 e. The molecule has 0 unspecified atom stereocenters. The fraction of sp³-hybridized carbons (Fsp3) is 0.333. The van der Waals surface area contributed by atoms with E-state index in [1.54, 1.807) is 36.1 Å². The highest BCUT2D eigenvalue weighted by Gasteiger charge is 2.29. The molecule has 8 heteroatoms. The fourth-order valence-corrected chi connectivity index (χ4v) is 3.32. The summed E-state index contributed by atoms with van der Waals surface area (Å²) in [6, 6.07) is 9.08. The Bertz CT molecular complexity index is 910. The van der Waals surface area contributed by atoms with Gasteiger partial charge in [0.2, 0.25) is 11.7 Å². The molecule has 3 aromatic rings. The van der Waals surface area contributed by atoms with Crippen molar-refractivity contribution in [1.82, 2.24) is 24.8 Å². The van der Waals surface area contributed by atoms with Gasteiger partial charge in [0.1, 0.15) is 5.69 Å². The van der Waals surface area contributed by atoms with Gasteiger partial charge in [-0.15, -0.1) is 0 Å². The summed E-state index contributed by atoms with van der Waals surface area (Å²) in [7, 11) is 1.77. The first-order valence-electron chi connectivity index (χ1n) is 8.48. The zero-order valence-corrected chi connectivity index (χ0v) is 15.1.